The molecule has 0 unspecified atom stereocenters. The number of fused-ring (bicyclic) bond motifs is 1. The number of pyridine rings is 1. The zero-order chi connectivity index (χ0) is 18.5. The molecule has 1 aliphatic rings. The predicted molar refractivity (Wildman–Crippen MR) is 105 cm³/mol. The minimum absolute atomic E-state index is 0.0956. The number of amides is 1. The molecule has 0 saturated heterocycles. The third-order valence-corrected chi connectivity index (χ3v) is 4.19. The van der Waals surface area contributed by atoms with Crippen molar-refractivity contribution in [2.75, 3.05) is 6.54 Å². The van der Waals surface area contributed by atoms with Crippen molar-refractivity contribution in [3.8, 4) is 11.1 Å². The molecule has 3 rings (SSSR count). The maximum absolute atomic E-state index is 12.3. The quantitative estimate of drug-likeness (QED) is 0.771. The predicted octanol–water partition coefficient (Wildman–Crippen LogP) is 2.51. The van der Waals surface area contributed by atoms with Gasteiger partial charge in [0.1, 0.15) is 5.84 Å². The van der Waals surface area contributed by atoms with Crippen LogP contribution in [0, 0.1) is 0 Å². The number of nitrogens with zero attached hydrogens (tertiary/aromatic N) is 2. The van der Waals surface area contributed by atoms with Crippen LogP contribution in [0.5, 0.6) is 0 Å². The summed E-state index contributed by atoms with van der Waals surface area (Å²) in [7, 11) is 0. The number of benzene rings is 1. The van der Waals surface area contributed by atoms with Gasteiger partial charge in [-0.2, -0.15) is 0 Å². The van der Waals surface area contributed by atoms with Crippen LogP contribution >= 0.6 is 0 Å². The van der Waals surface area contributed by atoms with E-state index in [0.717, 1.165) is 34.4 Å². The number of carbonyl (C=O) groups excluding carboxylic acids is 1. The Morgan fingerprint density at radius 1 is 1.23 bits per heavy atom. The van der Waals surface area contributed by atoms with Crippen LogP contribution in [0.3, 0.4) is 0 Å². The van der Waals surface area contributed by atoms with Crippen molar-refractivity contribution >= 4 is 23.5 Å². The molecule has 0 spiro atoms. The van der Waals surface area contributed by atoms with Crippen LogP contribution in [-0.4, -0.2) is 23.3 Å². The fraction of sp³-hybridized carbons (Fsp3) is 0.250. The summed E-state index contributed by atoms with van der Waals surface area (Å²) in [4.78, 5) is 21.0. The van der Waals surface area contributed by atoms with E-state index < -0.39 is 0 Å². The summed E-state index contributed by atoms with van der Waals surface area (Å²) in [6.45, 7) is 3.10. The van der Waals surface area contributed by atoms with Gasteiger partial charge in [-0.25, -0.2) is 4.99 Å². The highest BCUT2D eigenvalue weighted by molar-refractivity contribution is 6.05. The average molecular weight is 349 g/mol. The number of amidine groups is 1. The van der Waals surface area contributed by atoms with Gasteiger partial charge in [-0.15, -0.1) is 0 Å². The molecule has 5 N–H and O–H groups in total. The molecular weight excluding hydrogens is 326 g/mol. The van der Waals surface area contributed by atoms with Crippen LogP contribution in [0.25, 0.3) is 17.2 Å². The van der Waals surface area contributed by atoms with Crippen LogP contribution in [0.1, 0.15) is 30.9 Å². The van der Waals surface area contributed by atoms with E-state index in [1.807, 2.05) is 37.3 Å². The first-order valence-corrected chi connectivity index (χ1v) is 8.71. The van der Waals surface area contributed by atoms with Crippen molar-refractivity contribution in [3.63, 3.8) is 0 Å². The number of carbonyl (C=O) groups is 1. The Hall–Kier alpha value is -2.99. The van der Waals surface area contributed by atoms with Crippen molar-refractivity contribution in [1.82, 2.24) is 10.3 Å². The second-order valence-corrected chi connectivity index (χ2v) is 6.26. The topological polar surface area (TPSA) is 106 Å². The molecule has 134 valence electrons. The van der Waals surface area contributed by atoms with E-state index in [2.05, 4.69) is 15.3 Å². The number of aromatic nitrogens is 1. The smallest absolute Gasteiger partial charge is 0.247 e. The standard InChI is InChI=1S/C20H23N5O/c1-2-5-24-20(26)16-7-15-4-3-14(8-18(15)25-19(22)9-16)17-6-13(10-21)11-23-12-17/h3-4,6-8,11-12H,2,5,9-10,21H2,1H3,(H2,22,25)(H,24,26). The van der Waals surface area contributed by atoms with E-state index in [4.69, 9.17) is 11.5 Å². The zero-order valence-corrected chi connectivity index (χ0v) is 14.8. The summed E-state index contributed by atoms with van der Waals surface area (Å²) in [5, 5.41) is 2.89. The van der Waals surface area contributed by atoms with Crippen LogP contribution in [0.15, 0.2) is 47.2 Å². The Morgan fingerprint density at radius 3 is 2.85 bits per heavy atom. The largest absolute Gasteiger partial charge is 0.387 e. The normalized spacial score (nSPS) is 13.3. The molecule has 0 saturated carbocycles. The summed E-state index contributed by atoms with van der Waals surface area (Å²) < 4.78 is 0. The molecule has 26 heavy (non-hydrogen) atoms. The van der Waals surface area contributed by atoms with Gasteiger partial charge in [0, 0.05) is 48.6 Å². The van der Waals surface area contributed by atoms with Gasteiger partial charge < -0.3 is 16.8 Å². The van der Waals surface area contributed by atoms with Gasteiger partial charge in [0.05, 0.1) is 5.69 Å². The highest BCUT2D eigenvalue weighted by atomic mass is 16.1. The molecule has 0 radical (unpaired) electrons. The Labute approximate surface area is 153 Å². The second kappa shape index (κ2) is 7.93. The molecule has 0 atom stereocenters. The SMILES string of the molecule is CCCNC(=O)C1=Cc2ccc(-c3cncc(CN)c3)cc2N=C(N)C1. The Bertz CT molecular complexity index is 886. The summed E-state index contributed by atoms with van der Waals surface area (Å²) in [6, 6.07) is 7.92. The molecule has 2 aromatic rings. The summed E-state index contributed by atoms with van der Waals surface area (Å²) in [5.41, 5.74) is 16.9. The van der Waals surface area contributed by atoms with E-state index in [1.165, 1.54) is 0 Å². The number of rotatable bonds is 5. The summed E-state index contributed by atoms with van der Waals surface area (Å²) >= 11 is 0. The van der Waals surface area contributed by atoms with Crippen LogP contribution < -0.4 is 16.8 Å². The van der Waals surface area contributed by atoms with E-state index >= 15 is 0 Å². The molecule has 6 nitrogen and oxygen atoms in total. The fourth-order valence-electron chi connectivity index (χ4n) is 2.83. The van der Waals surface area contributed by atoms with Gasteiger partial charge in [-0.05, 0) is 35.8 Å². The number of hydrogen-bond acceptors (Lipinski definition) is 5. The van der Waals surface area contributed by atoms with E-state index in [9.17, 15) is 4.79 Å². The molecule has 6 heteroatoms. The van der Waals surface area contributed by atoms with Crippen LogP contribution in [0.4, 0.5) is 5.69 Å². The Balaban J connectivity index is 1.97. The Morgan fingerprint density at radius 2 is 2.08 bits per heavy atom. The minimum atomic E-state index is -0.0956. The molecule has 0 bridgehead atoms. The van der Waals surface area contributed by atoms with Gasteiger partial charge in [-0.1, -0.05) is 19.1 Å². The lowest BCUT2D eigenvalue weighted by molar-refractivity contribution is -0.117. The number of nitrogens with two attached hydrogens (primary N) is 2. The lowest BCUT2D eigenvalue weighted by Gasteiger charge is -2.07. The van der Waals surface area contributed by atoms with Crippen LogP contribution in [-0.2, 0) is 11.3 Å². The molecule has 1 amide bonds. The van der Waals surface area contributed by atoms with E-state index in [1.54, 1.807) is 12.4 Å². The van der Waals surface area contributed by atoms with Crippen molar-refractivity contribution < 1.29 is 4.79 Å². The van der Waals surface area contributed by atoms with E-state index in [-0.39, 0.29) is 5.91 Å². The van der Waals surface area contributed by atoms with Gasteiger partial charge in [0.15, 0.2) is 0 Å². The fourth-order valence-corrected chi connectivity index (χ4v) is 2.83. The van der Waals surface area contributed by atoms with Gasteiger partial charge in [0.2, 0.25) is 5.91 Å². The minimum Gasteiger partial charge on any atom is -0.387 e. The van der Waals surface area contributed by atoms with Gasteiger partial charge in [-0.3, -0.25) is 9.78 Å². The first-order valence-electron chi connectivity index (χ1n) is 8.71. The highest BCUT2D eigenvalue weighted by Crippen LogP contribution is 2.31. The monoisotopic (exact) mass is 349 g/mol. The molecular formula is C20H23N5O. The number of aliphatic imine (C=N–C) groups is 1. The maximum atomic E-state index is 12.3. The lowest BCUT2D eigenvalue weighted by atomic mass is 10.0. The first kappa shape index (κ1) is 17.8. The molecule has 0 fully saturated rings. The van der Waals surface area contributed by atoms with Crippen molar-refractivity contribution in [3.05, 3.63) is 53.4 Å². The van der Waals surface area contributed by atoms with Crippen LogP contribution in [0.2, 0.25) is 0 Å². The molecule has 1 aliphatic heterocycles. The second-order valence-electron chi connectivity index (χ2n) is 6.26. The number of nitrogens with one attached hydrogen (secondary N) is 1. The van der Waals surface area contributed by atoms with Gasteiger partial charge >= 0.3 is 0 Å². The summed E-state index contributed by atoms with van der Waals surface area (Å²) in [5.74, 6) is 0.328. The van der Waals surface area contributed by atoms with Crippen molar-refractivity contribution in [2.45, 2.75) is 26.3 Å². The van der Waals surface area contributed by atoms with E-state index in [0.29, 0.717) is 30.9 Å². The zero-order valence-electron chi connectivity index (χ0n) is 14.8. The molecule has 2 heterocycles. The lowest BCUT2D eigenvalue weighted by Crippen LogP contribution is -2.27. The number of hydrogen-bond donors (Lipinski definition) is 3. The average Bonchev–Trinajstić information content (AvgIpc) is 2.83. The highest BCUT2D eigenvalue weighted by Gasteiger charge is 2.16. The van der Waals surface area contributed by atoms with Gasteiger partial charge in [0.25, 0.3) is 0 Å². The van der Waals surface area contributed by atoms with Crippen molar-refractivity contribution in [2.24, 2.45) is 16.5 Å². The molecule has 1 aromatic carbocycles. The van der Waals surface area contributed by atoms with Crippen molar-refractivity contribution in [1.29, 1.82) is 0 Å². The summed E-state index contributed by atoms with van der Waals surface area (Å²) in [6.07, 6.45) is 6.64. The first-order chi connectivity index (χ1) is 12.6. The molecule has 0 aliphatic carbocycles. The third kappa shape index (κ3) is 3.97. The molecule has 1 aromatic heterocycles. The maximum Gasteiger partial charge on any atom is 0.247 e. The third-order valence-electron chi connectivity index (χ3n) is 4.19. The Kier molecular flexibility index (Phi) is 5.43.